The van der Waals surface area contributed by atoms with E-state index in [0.717, 1.165) is 59.5 Å². The molecule has 1 aromatic carbocycles. The van der Waals surface area contributed by atoms with Crippen LogP contribution in [0, 0.1) is 5.82 Å². The SMILES string of the molecule is Fc1ccc2ncc3nc(Cc4cscn4)n(C4CCOCC4)c3c2c1. The molecule has 0 N–H and O–H groups in total. The van der Waals surface area contributed by atoms with Gasteiger partial charge in [0.1, 0.15) is 17.2 Å². The number of nitrogens with zero attached hydrogens (tertiary/aromatic N) is 4. The molecule has 1 saturated heterocycles. The molecule has 1 fully saturated rings. The van der Waals surface area contributed by atoms with Gasteiger partial charge in [-0.1, -0.05) is 0 Å². The van der Waals surface area contributed by atoms with Gasteiger partial charge in [-0.25, -0.2) is 14.4 Å². The van der Waals surface area contributed by atoms with Gasteiger partial charge in [-0.15, -0.1) is 11.3 Å². The molecule has 0 amide bonds. The minimum atomic E-state index is -0.257. The number of pyridine rings is 1. The highest BCUT2D eigenvalue weighted by Gasteiger charge is 2.24. The van der Waals surface area contributed by atoms with Gasteiger partial charge in [0.25, 0.3) is 0 Å². The number of thiazole rings is 1. The molecule has 3 aromatic heterocycles. The fourth-order valence-corrected chi connectivity index (χ4v) is 4.30. The minimum Gasteiger partial charge on any atom is -0.381 e. The lowest BCUT2D eigenvalue weighted by Gasteiger charge is -2.26. The lowest BCUT2D eigenvalue weighted by Crippen LogP contribution is -2.21. The number of halogens is 1. The Kier molecular flexibility index (Phi) is 3.90. The maximum Gasteiger partial charge on any atom is 0.124 e. The van der Waals surface area contributed by atoms with Crippen molar-refractivity contribution in [3.05, 3.63) is 52.6 Å². The molecule has 0 bridgehead atoms. The Morgan fingerprint density at radius 2 is 2.08 bits per heavy atom. The van der Waals surface area contributed by atoms with E-state index in [1.807, 2.05) is 10.9 Å². The highest BCUT2D eigenvalue weighted by Crippen LogP contribution is 2.33. The largest absolute Gasteiger partial charge is 0.381 e. The van der Waals surface area contributed by atoms with Crippen LogP contribution in [0.15, 0.2) is 35.3 Å². The molecule has 0 unspecified atom stereocenters. The molecule has 0 atom stereocenters. The van der Waals surface area contributed by atoms with Gasteiger partial charge >= 0.3 is 0 Å². The van der Waals surface area contributed by atoms with Crippen LogP contribution in [-0.2, 0) is 11.2 Å². The van der Waals surface area contributed by atoms with Gasteiger partial charge in [0, 0.05) is 36.4 Å². The highest BCUT2D eigenvalue weighted by molar-refractivity contribution is 7.07. The third kappa shape index (κ3) is 2.68. The predicted octanol–water partition coefficient (Wildman–Crippen LogP) is 4.12. The maximum atomic E-state index is 14.0. The summed E-state index contributed by atoms with van der Waals surface area (Å²) >= 11 is 1.58. The summed E-state index contributed by atoms with van der Waals surface area (Å²) in [5.74, 6) is 0.698. The van der Waals surface area contributed by atoms with E-state index in [9.17, 15) is 4.39 Å². The Labute approximate surface area is 153 Å². The van der Waals surface area contributed by atoms with Crippen molar-refractivity contribution in [1.29, 1.82) is 0 Å². The molecule has 0 spiro atoms. The Hall–Kier alpha value is -2.38. The molecule has 26 heavy (non-hydrogen) atoms. The summed E-state index contributed by atoms with van der Waals surface area (Å²) in [7, 11) is 0. The predicted molar refractivity (Wildman–Crippen MR) is 99.0 cm³/mol. The molecule has 4 aromatic rings. The lowest BCUT2D eigenvalue weighted by atomic mass is 10.1. The minimum absolute atomic E-state index is 0.257. The number of hydrogen-bond acceptors (Lipinski definition) is 5. The van der Waals surface area contributed by atoms with E-state index in [0.29, 0.717) is 6.42 Å². The molecule has 1 aliphatic rings. The molecular weight excluding hydrogens is 351 g/mol. The van der Waals surface area contributed by atoms with Crippen LogP contribution in [0.1, 0.15) is 30.4 Å². The second kappa shape index (κ2) is 6.41. The quantitative estimate of drug-likeness (QED) is 0.546. The summed E-state index contributed by atoms with van der Waals surface area (Å²) < 4.78 is 21.8. The van der Waals surface area contributed by atoms with Gasteiger partial charge in [-0.05, 0) is 31.0 Å². The average molecular weight is 368 g/mol. The van der Waals surface area contributed by atoms with Gasteiger partial charge in [0.2, 0.25) is 0 Å². The van der Waals surface area contributed by atoms with Crippen LogP contribution in [0.3, 0.4) is 0 Å². The topological polar surface area (TPSA) is 52.8 Å². The molecule has 132 valence electrons. The normalized spacial score (nSPS) is 15.9. The summed E-state index contributed by atoms with van der Waals surface area (Å²) in [4.78, 5) is 13.7. The first kappa shape index (κ1) is 15.8. The monoisotopic (exact) mass is 368 g/mol. The van der Waals surface area contributed by atoms with Gasteiger partial charge in [-0.2, -0.15) is 0 Å². The zero-order valence-electron chi connectivity index (χ0n) is 14.1. The molecular formula is C19H17FN4OS. The Bertz CT molecular complexity index is 1070. The molecule has 7 heteroatoms. The van der Waals surface area contributed by atoms with Crippen molar-refractivity contribution >= 4 is 33.3 Å². The van der Waals surface area contributed by atoms with E-state index in [-0.39, 0.29) is 11.9 Å². The standard InChI is InChI=1S/C19H17FN4OS/c20-12-1-2-16-15(7-12)19-17(9-21-16)23-18(8-13-10-26-11-22-13)24(19)14-3-5-25-6-4-14/h1-2,7,9-11,14H,3-6,8H2. The zero-order valence-corrected chi connectivity index (χ0v) is 14.9. The van der Waals surface area contributed by atoms with Gasteiger partial charge < -0.3 is 9.30 Å². The van der Waals surface area contributed by atoms with Gasteiger partial charge in [-0.3, -0.25) is 4.98 Å². The van der Waals surface area contributed by atoms with E-state index in [1.54, 1.807) is 29.7 Å². The van der Waals surface area contributed by atoms with Crippen LogP contribution < -0.4 is 0 Å². The van der Waals surface area contributed by atoms with Crippen molar-refractivity contribution < 1.29 is 9.13 Å². The van der Waals surface area contributed by atoms with Gasteiger partial charge in [0.15, 0.2) is 0 Å². The van der Waals surface area contributed by atoms with Gasteiger partial charge in [0.05, 0.1) is 28.4 Å². The van der Waals surface area contributed by atoms with E-state index in [2.05, 4.69) is 14.5 Å². The zero-order chi connectivity index (χ0) is 17.5. The third-order valence-electron chi connectivity index (χ3n) is 4.93. The number of ether oxygens (including phenoxy) is 1. The molecule has 0 radical (unpaired) electrons. The number of fused-ring (bicyclic) bond motifs is 3. The maximum absolute atomic E-state index is 14.0. The lowest BCUT2D eigenvalue weighted by molar-refractivity contribution is 0.0700. The summed E-state index contributed by atoms with van der Waals surface area (Å²) in [6, 6.07) is 5.03. The van der Waals surface area contributed by atoms with Crippen LogP contribution in [0.5, 0.6) is 0 Å². The van der Waals surface area contributed by atoms with Crippen molar-refractivity contribution in [1.82, 2.24) is 19.5 Å². The second-order valence-corrected chi connectivity index (χ2v) is 7.27. The van der Waals surface area contributed by atoms with Crippen LogP contribution >= 0.6 is 11.3 Å². The number of rotatable bonds is 3. The number of imidazole rings is 1. The fourth-order valence-electron chi connectivity index (χ4n) is 3.75. The summed E-state index contributed by atoms with van der Waals surface area (Å²) in [5, 5.41) is 2.86. The third-order valence-corrected chi connectivity index (χ3v) is 5.56. The summed E-state index contributed by atoms with van der Waals surface area (Å²) in [6.07, 6.45) is 4.30. The van der Waals surface area contributed by atoms with Crippen molar-refractivity contribution in [2.75, 3.05) is 13.2 Å². The Balaban J connectivity index is 1.77. The highest BCUT2D eigenvalue weighted by atomic mass is 32.1. The van der Waals surface area contributed by atoms with Crippen LogP contribution in [0.25, 0.3) is 21.9 Å². The van der Waals surface area contributed by atoms with Crippen LogP contribution in [0.2, 0.25) is 0 Å². The first-order chi connectivity index (χ1) is 12.8. The van der Waals surface area contributed by atoms with E-state index < -0.39 is 0 Å². The molecule has 0 aliphatic carbocycles. The van der Waals surface area contributed by atoms with E-state index >= 15 is 0 Å². The smallest absolute Gasteiger partial charge is 0.124 e. The van der Waals surface area contributed by atoms with Crippen molar-refractivity contribution in [3.63, 3.8) is 0 Å². The van der Waals surface area contributed by atoms with Crippen molar-refractivity contribution in [2.45, 2.75) is 25.3 Å². The average Bonchev–Trinajstić information content (AvgIpc) is 3.30. The van der Waals surface area contributed by atoms with Crippen molar-refractivity contribution in [3.8, 4) is 0 Å². The van der Waals surface area contributed by atoms with Crippen LogP contribution in [0.4, 0.5) is 4.39 Å². The number of benzene rings is 1. The molecule has 4 heterocycles. The summed E-state index contributed by atoms with van der Waals surface area (Å²) in [5.41, 5.74) is 5.39. The Morgan fingerprint density at radius 1 is 1.19 bits per heavy atom. The van der Waals surface area contributed by atoms with E-state index in [1.165, 1.54) is 6.07 Å². The Morgan fingerprint density at radius 3 is 2.88 bits per heavy atom. The molecule has 5 nitrogen and oxygen atoms in total. The van der Waals surface area contributed by atoms with E-state index in [4.69, 9.17) is 9.72 Å². The number of hydrogen-bond donors (Lipinski definition) is 0. The molecule has 1 aliphatic heterocycles. The molecule has 0 saturated carbocycles. The first-order valence-corrected chi connectivity index (χ1v) is 9.64. The first-order valence-electron chi connectivity index (χ1n) is 8.69. The molecule has 5 rings (SSSR count). The number of aromatic nitrogens is 4. The summed E-state index contributed by atoms with van der Waals surface area (Å²) in [6.45, 7) is 1.47. The van der Waals surface area contributed by atoms with Crippen LogP contribution in [-0.4, -0.2) is 32.7 Å². The fraction of sp³-hybridized carbons (Fsp3) is 0.316. The second-order valence-electron chi connectivity index (χ2n) is 6.55. The van der Waals surface area contributed by atoms with Crippen molar-refractivity contribution in [2.24, 2.45) is 0 Å².